The van der Waals surface area contributed by atoms with Crippen LogP contribution in [-0.2, 0) is 11.3 Å². The molecule has 1 N–H and O–H groups in total. The third-order valence-electron chi connectivity index (χ3n) is 4.02. The molecule has 0 saturated heterocycles. The molecule has 3 rings (SSSR count). The van der Waals surface area contributed by atoms with E-state index in [1.165, 1.54) is 6.92 Å². The van der Waals surface area contributed by atoms with Crippen LogP contribution in [0.15, 0.2) is 47.3 Å². The highest BCUT2D eigenvalue weighted by Crippen LogP contribution is 2.30. The van der Waals surface area contributed by atoms with Crippen molar-refractivity contribution in [3.63, 3.8) is 0 Å². The van der Waals surface area contributed by atoms with Gasteiger partial charge in [-0.05, 0) is 30.7 Å². The van der Waals surface area contributed by atoms with E-state index in [1.807, 2.05) is 0 Å². The van der Waals surface area contributed by atoms with Gasteiger partial charge < -0.3 is 9.84 Å². The van der Waals surface area contributed by atoms with E-state index in [0.717, 1.165) is 16.8 Å². The second kappa shape index (κ2) is 8.40. The molecule has 0 saturated carbocycles. The number of halogens is 3. The largest absolute Gasteiger partial charge is 0.505 e. The summed E-state index contributed by atoms with van der Waals surface area (Å²) in [6.07, 6.45) is 0. The molecule has 0 aliphatic rings. The van der Waals surface area contributed by atoms with Crippen molar-refractivity contribution in [3.8, 4) is 17.0 Å². The standard InChI is InChI=1S/C20H15ClF2N2O4/c1-2-29-20(28)16-18(26)17(12-7-13(22)9-14(23)8-12)24-25(19(16)27)10-11-5-3-4-6-15(11)21/h3-9,26H,2,10H2,1H3. The first kappa shape index (κ1) is 20.5. The van der Waals surface area contributed by atoms with E-state index in [9.17, 15) is 23.5 Å². The molecule has 0 radical (unpaired) electrons. The highest BCUT2D eigenvalue weighted by atomic mass is 35.5. The lowest BCUT2D eigenvalue weighted by molar-refractivity contribution is 0.0519. The minimum absolute atomic E-state index is 0.0471. The van der Waals surface area contributed by atoms with Gasteiger partial charge in [0.1, 0.15) is 17.3 Å². The Labute approximate surface area is 168 Å². The van der Waals surface area contributed by atoms with Gasteiger partial charge >= 0.3 is 5.97 Å². The van der Waals surface area contributed by atoms with Crippen LogP contribution < -0.4 is 5.56 Å². The molecule has 0 bridgehead atoms. The molecule has 29 heavy (non-hydrogen) atoms. The molecule has 2 aromatic carbocycles. The topological polar surface area (TPSA) is 81.4 Å². The minimum Gasteiger partial charge on any atom is -0.505 e. The van der Waals surface area contributed by atoms with Crippen molar-refractivity contribution >= 4 is 17.6 Å². The lowest BCUT2D eigenvalue weighted by Gasteiger charge is -2.13. The van der Waals surface area contributed by atoms with E-state index in [4.69, 9.17) is 16.3 Å². The Morgan fingerprint density at radius 1 is 1.21 bits per heavy atom. The molecule has 1 aromatic heterocycles. The predicted molar refractivity (Wildman–Crippen MR) is 102 cm³/mol. The maximum atomic E-state index is 13.7. The van der Waals surface area contributed by atoms with Crippen molar-refractivity contribution in [2.45, 2.75) is 13.5 Å². The van der Waals surface area contributed by atoms with Crippen molar-refractivity contribution < 1.29 is 23.4 Å². The fourth-order valence-electron chi connectivity index (χ4n) is 2.73. The summed E-state index contributed by atoms with van der Waals surface area (Å²) in [6, 6.07) is 9.14. The Morgan fingerprint density at radius 3 is 2.48 bits per heavy atom. The second-order valence-electron chi connectivity index (χ2n) is 6.01. The summed E-state index contributed by atoms with van der Waals surface area (Å²) in [5.41, 5.74) is -1.60. The molecule has 0 amide bonds. The van der Waals surface area contributed by atoms with Gasteiger partial charge in [0.05, 0.1) is 13.2 Å². The Morgan fingerprint density at radius 2 is 1.86 bits per heavy atom. The average Bonchev–Trinajstić information content (AvgIpc) is 2.65. The van der Waals surface area contributed by atoms with Crippen LogP contribution in [0.25, 0.3) is 11.3 Å². The summed E-state index contributed by atoms with van der Waals surface area (Å²) in [6.45, 7) is 1.34. The number of nitrogens with zero attached hydrogens (tertiary/aromatic N) is 2. The summed E-state index contributed by atoms with van der Waals surface area (Å²) in [7, 11) is 0. The van der Waals surface area contributed by atoms with Crippen molar-refractivity contribution in [1.82, 2.24) is 9.78 Å². The monoisotopic (exact) mass is 420 g/mol. The van der Waals surface area contributed by atoms with Gasteiger partial charge in [-0.15, -0.1) is 0 Å². The van der Waals surface area contributed by atoms with E-state index in [-0.39, 0.29) is 24.4 Å². The fourth-order valence-corrected chi connectivity index (χ4v) is 2.93. The number of hydrogen-bond acceptors (Lipinski definition) is 5. The molecule has 0 unspecified atom stereocenters. The maximum Gasteiger partial charge on any atom is 0.347 e. The number of carbonyl (C=O) groups excluding carboxylic acids is 1. The predicted octanol–water partition coefficient (Wildman–Crippen LogP) is 3.77. The van der Waals surface area contributed by atoms with Crippen LogP contribution in [0.5, 0.6) is 5.75 Å². The SMILES string of the molecule is CCOC(=O)c1c(O)c(-c2cc(F)cc(F)c2)nn(Cc2ccccc2Cl)c1=O. The lowest BCUT2D eigenvalue weighted by atomic mass is 10.1. The fraction of sp³-hybridized carbons (Fsp3) is 0.150. The van der Waals surface area contributed by atoms with Gasteiger partial charge in [0.25, 0.3) is 5.56 Å². The number of carbonyl (C=O) groups is 1. The van der Waals surface area contributed by atoms with Crippen LogP contribution in [0.1, 0.15) is 22.8 Å². The average molecular weight is 421 g/mol. The van der Waals surface area contributed by atoms with Gasteiger partial charge in [-0.25, -0.2) is 18.3 Å². The summed E-state index contributed by atoms with van der Waals surface area (Å²) < 4.78 is 33.1. The molecular weight excluding hydrogens is 406 g/mol. The minimum atomic E-state index is -1.08. The first-order valence-electron chi connectivity index (χ1n) is 8.53. The van der Waals surface area contributed by atoms with E-state index < -0.39 is 34.5 Å². The Balaban J connectivity index is 2.25. The van der Waals surface area contributed by atoms with Gasteiger partial charge in [-0.1, -0.05) is 29.8 Å². The molecule has 150 valence electrons. The van der Waals surface area contributed by atoms with E-state index >= 15 is 0 Å². The van der Waals surface area contributed by atoms with Crippen LogP contribution >= 0.6 is 11.6 Å². The highest BCUT2D eigenvalue weighted by Gasteiger charge is 2.25. The third-order valence-corrected chi connectivity index (χ3v) is 4.39. The number of aromatic nitrogens is 2. The summed E-state index contributed by atoms with van der Waals surface area (Å²) in [5.74, 6) is -3.73. The van der Waals surface area contributed by atoms with Crippen molar-refractivity contribution in [2.24, 2.45) is 0 Å². The molecule has 0 spiro atoms. The summed E-state index contributed by atoms with van der Waals surface area (Å²) in [5, 5.41) is 14.9. The van der Waals surface area contributed by atoms with E-state index in [2.05, 4.69) is 5.10 Å². The number of rotatable bonds is 5. The number of aromatic hydroxyl groups is 1. The van der Waals surface area contributed by atoms with Gasteiger partial charge in [0.2, 0.25) is 0 Å². The molecule has 0 aliphatic heterocycles. The zero-order chi connectivity index (χ0) is 21.1. The van der Waals surface area contributed by atoms with E-state index in [1.54, 1.807) is 24.3 Å². The number of benzene rings is 2. The van der Waals surface area contributed by atoms with Crippen molar-refractivity contribution in [3.05, 3.63) is 80.6 Å². The molecule has 0 fully saturated rings. The first-order chi connectivity index (χ1) is 13.8. The summed E-state index contributed by atoms with van der Waals surface area (Å²) in [4.78, 5) is 25.1. The van der Waals surface area contributed by atoms with Crippen molar-refractivity contribution in [2.75, 3.05) is 6.61 Å². The van der Waals surface area contributed by atoms with Crippen LogP contribution in [0.2, 0.25) is 5.02 Å². The normalized spacial score (nSPS) is 10.8. The van der Waals surface area contributed by atoms with E-state index in [0.29, 0.717) is 16.7 Å². The van der Waals surface area contributed by atoms with Gasteiger partial charge in [0.15, 0.2) is 11.3 Å². The van der Waals surface area contributed by atoms with Crippen LogP contribution in [0.4, 0.5) is 8.78 Å². The Bertz CT molecular complexity index is 1130. The van der Waals surface area contributed by atoms with Crippen LogP contribution in [-0.4, -0.2) is 27.5 Å². The highest BCUT2D eigenvalue weighted by molar-refractivity contribution is 6.31. The van der Waals surface area contributed by atoms with Gasteiger partial charge in [0, 0.05) is 16.7 Å². The Hall–Kier alpha value is -3.26. The molecule has 0 atom stereocenters. The second-order valence-corrected chi connectivity index (χ2v) is 6.41. The smallest absolute Gasteiger partial charge is 0.347 e. The number of esters is 1. The lowest BCUT2D eigenvalue weighted by Crippen LogP contribution is -2.30. The molecular formula is C20H15ClF2N2O4. The molecule has 1 heterocycles. The first-order valence-corrected chi connectivity index (χ1v) is 8.90. The molecule has 6 nitrogen and oxygen atoms in total. The zero-order valence-electron chi connectivity index (χ0n) is 15.2. The van der Waals surface area contributed by atoms with Gasteiger partial charge in [-0.3, -0.25) is 4.79 Å². The zero-order valence-corrected chi connectivity index (χ0v) is 15.9. The summed E-state index contributed by atoms with van der Waals surface area (Å²) >= 11 is 6.12. The van der Waals surface area contributed by atoms with Crippen LogP contribution in [0, 0.1) is 11.6 Å². The number of hydrogen-bond donors (Lipinski definition) is 1. The quantitative estimate of drug-likeness (QED) is 0.635. The van der Waals surface area contributed by atoms with Crippen molar-refractivity contribution in [1.29, 1.82) is 0 Å². The van der Waals surface area contributed by atoms with Crippen LogP contribution in [0.3, 0.4) is 0 Å². The third kappa shape index (κ3) is 4.27. The maximum absolute atomic E-state index is 13.7. The molecule has 9 heteroatoms. The number of ether oxygens (including phenoxy) is 1. The molecule has 0 aliphatic carbocycles. The van der Waals surface area contributed by atoms with Gasteiger partial charge in [-0.2, -0.15) is 5.10 Å². The Kier molecular flexibility index (Phi) is 5.93. The molecule has 3 aromatic rings.